The molecule has 1 rings (SSSR count). The molecule has 0 amide bonds. The summed E-state index contributed by atoms with van der Waals surface area (Å²) in [4.78, 5) is 0. The fourth-order valence-electron chi connectivity index (χ4n) is 1.74. The lowest BCUT2D eigenvalue weighted by Crippen LogP contribution is -2.14. The molecule has 1 atom stereocenters. The summed E-state index contributed by atoms with van der Waals surface area (Å²) in [6, 6.07) is 10.7. The molecule has 1 N–H and O–H groups in total. The summed E-state index contributed by atoms with van der Waals surface area (Å²) in [6.45, 7) is 2.77. The molecule has 0 spiro atoms. The van der Waals surface area contributed by atoms with Crippen molar-refractivity contribution in [3.8, 4) is 11.8 Å². The van der Waals surface area contributed by atoms with Crippen LogP contribution >= 0.6 is 0 Å². The Kier molecular flexibility index (Phi) is 6.13. The van der Waals surface area contributed by atoms with Crippen LogP contribution in [0.4, 0.5) is 0 Å². The van der Waals surface area contributed by atoms with Crippen molar-refractivity contribution in [1.82, 2.24) is 5.32 Å². The van der Waals surface area contributed by atoms with Crippen molar-refractivity contribution < 1.29 is 4.74 Å². The minimum absolute atomic E-state index is 0.405. The quantitative estimate of drug-likeness (QED) is 0.735. The Bertz CT molecular complexity index is 349. The van der Waals surface area contributed by atoms with Gasteiger partial charge in [-0.2, -0.15) is 5.26 Å². The molecule has 0 saturated carbocycles. The zero-order valence-corrected chi connectivity index (χ0v) is 10.6. The summed E-state index contributed by atoms with van der Waals surface area (Å²) in [6.07, 6.45) is 2.40. The van der Waals surface area contributed by atoms with Gasteiger partial charge in [-0.3, -0.25) is 0 Å². The molecule has 1 aromatic rings. The van der Waals surface area contributed by atoms with E-state index in [4.69, 9.17) is 10.00 Å². The first-order chi connectivity index (χ1) is 8.31. The van der Waals surface area contributed by atoms with Gasteiger partial charge in [-0.05, 0) is 37.6 Å². The molecule has 1 aromatic carbocycles. The summed E-state index contributed by atoms with van der Waals surface area (Å²) in [5.41, 5.74) is 1.28. The highest BCUT2D eigenvalue weighted by Gasteiger charge is 2.05. The smallest absolute Gasteiger partial charge is 0.119 e. The predicted molar refractivity (Wildman–Crippen MR) is 68.9 cm³/mol. The fourth-order valence-corrected chi connectivity index (χ4v) is 1.74. The van der Waals surface area contributed by atoms with Crippen molar-refractivity contribution in [2.75, 3.05) is 13.7 Å². The van der Waals surface area contributed by atoms with E-state index in [9.17, 15) is 0 Å². The number of nitriles is 1. The molecule has 3 heteroatoms. The maximum Gasteiger partial charge on any atom is 0.119 e. The Labute approximate surface area is 103 Å². The monoisotopic (exact) mass is 232 g/mol. The molecule has 92 valence electrons. The number of ether oxygens (including phenoxy) is 1. The topological polar surface area (TPSA) is 45.0 Å². The van der Waals surface area contributed by atoms with E-state index in [1.165, 1.54) is 5.56 Å². The maximum absolute atomic E-state index is 8.40. The van der Waals surface area contributed by atoms with Crippen molar-refractivity contribution >= 4 is 0 Å². The van der Waals surface area contributed by atoms with Gasteiger partial charge in [0.15, 0.2) is 0 Å². The molecule has 0 radical (unpaired) electrons. The molecule has 17 heavy (non-hydrogen) atoms. The predicted octanol–water partition coefficient (Wildman–Crippen LogP) is 3.04. The normalized spacial score (nSPS) is 11.8. The number of nitrogens with zero attached hydrogens (tertiary/aromatic N) is 1. The van der Waals surface area contributed by atoms with Crippen molar-refractivity contribution in [2.24, 2.45) is 0 Å². The van der Waals surface area contributed by atoms with Crippen LogP contribution in [0, 0.1) is 11.3 Å². The summed E-state index contributed by atoms with van der Waals surface area (Å²) in [7, 11) is 1.97. The molecule has 0 bridgehead atoms. The third kappa shape index (κ3) is 4.46. The van der Waals surface area contributed by atoms with Crippen LogP contribution in [0.3, 0.4) is 0 Å². The van der Waals surface area contributed by atoms with Crippen LogP contribution in [0.2, 0.25) is 0 Å². The highest BCUT2D eigenvalue weighted by atomic mass is 16.5. The zero-order valence-electron chi connectivity index (χ0n) is 10.6. The first kappa shape index (κ1) is 13.5. The Morgan fingerprint density at radius 2 is 2.06 bits per heavy atom. The van der Waals surface area contributed by atoms with E-state index in [1.54, 1.807) is 0 Å². The van der Waals surface area contributed by atoms with Crippen LogP contribution in [0.5, 0.6) is 5.75 Å². The number of unbranched alkanes of at least 4 members (excludes halogenated alkanes) is 1. The summed E-state index contributed by atoms with van der Waals surface area (Å²) >= 11 is 0. The highest BCUT2D eigenvalue weighted by molar-refractivity contribution is 5.29. The standard InChI is InChI=1S/C14H20N2O/c1-3-14(16-2)12-6-8-13(9-7-12)17-11-5-4-10-15/h6-9,14,16H,3-5,11H2,1-2H3. The van der Waals surface area contributed by atoms with E-state index >= 15 is 0 Å². The third-order valence-electron chi connectivity index (χ3n) is 2.74. The van der Waals surface area contributed by atoms with Crippen LogP contribution in [0.15, 0.2) is 24.3 Å². The SMILES string of the molecule is CCC(NC)c1ccc(OCCCC#N)cc1. The van der Waals surface area contributed by atoms with Crippen LogP contribution < -0.4 is 10.1 Å². The molecule has 0 heterocycles. The molecule has 0 aliphatic heterocycles. The van der Waals surface area contributed by atoms with Gasteiger partial charge in [0.25, 0.3) is 0 Å². The minimum Gasteiger partial charge on any atom is -0.494 e. The molecular weight excluding hydrogens is 212 g/mol. The number of hydrogen-bond acceptors (Lipinski definition) is 3. The van der Waals surface area contributed by atoms with Crippen LogP contribution in [-0.2, 0) is 0 Å². The van der Waals surface area contributed by atoms with Gasteiger partial charge in [0, 0.05) is 12.5 Å². The average molecular weight is 232 g/mol. The second kappa shape index (κ2) is 7.70. The second-order valence-corrected chi connectivity index (χ2v) is 3.93. The fraction of sp³-hybridized carbons (Fsp3) is 0.500. The van der Waals surface area contributed by atoms with E-state index < -0.39 is 0 Å². The molecular formula is C14H20N2O. The molecule has 0 fully saturated rings. The Balaban J connectivity index is 2.47. The van der Waals surface area contributed by atoms with Crippen LogP contribution in [0.1, 0.15) is 37.8 Å². The van der Waals surface area contributed by atoms with Crippen LogP contribution in [-0.4, -0.2) is 13.7 Å². The van der Waals surface area contributed by atoms with Crippen LogP contribution in [0.25, 0.3) is 0 Å². The second-order valence-electron chi connectivity index (χ2n) is 3.93. The summed E-state index contributed by atoms with van der Waals surface area (Å²) in [5.74, 6) is 0.873. The maximum atomic E-state index is 8.40. The lowest BCUT2D eigenvalue weighted by atomic mass is 10.1. The van der Waals surface area contributed by atoms with Crippen molar-refractivity contribution in [3.05, 3.63) is 29.8 Å². The van der Waals surface area contributed by atoms with Gasteiger partial charge in [-0.15, -0.1) is 0 Å². The Hall–Kier alpha value is -1.53. The van der Waals surface area contributed by atoms with E-state index in [0.717, 1.165) is 18.6 Å². The first-order valence-electron chi connectivity index (χ1n) is 6.08. The van der Waals surface area contributed by atoms with Gasteiger partial charge in [0.05, 0.1) is 12.7 Å². The number of rotatable bonds is 7. The van der Waals surface area contributed by atoms with E-state index in [2.05, 4.69) is 30.4 Å². The Morgan fingerprint density at radius 1 is 1.35 bits per heavy atom. The van der Waals surface area contributed by atoms with Gasteiger partial charge in [-0.25, -0.2) is 0 Å². The van der Waals surface area contributed by atoms with E-state index in [1.807, 2.05) is 19.2 Å². The van der Waals surface area contributed by atoms with Gasteiger partial charge < -0.3 is 10.1 Å². The first-order valence-corrected chi connectivity index (χ1v) is 6.08. The Morgan fingerprint density at radius 3 is 2.59 bits per heavy atom. The molecule has 0 aliphatic rings. The number of nitrogens with one attached hydrogen (secondary N) is 1. The van der Waals surface area contributed by atoms with E-state index in [-0.39, 0.29) is 0 Å². The summed E-state index contributed by atoms with van der Waals surface area (Å²) in [5, 5.41) is 11.7. The van der Waals surface area contributed by atoms with Gasteiger partial charge >= 0.3 is 0 Å². The van der Waals surface area contributed by atoms with Gasteiger partial charge in [0.1, 0.15) is 5.75 Å². The third-order valence-corrected chi connectivity index (χ3v) is 2.74. The van der Waals surface area contributed by atoms with Gasteiger partial charge in [-0.1, -0.05) is 19.1 Å². The molecule has 3 nitrogen and oxygen atoms in total. The van der Waals surface area contributed by atoms with Crippen molar-refractivity contribution in [3.63, 3.8) is 0 Å². The zero-order chi connectivity index (χ0) is 12.5. The van der Waals surface area contributed by atoms with Crippen molar-refractivity contribution in [1.29, 1.82) is 5.26 Å². The minimum atomic E-state index is 0.405. The highest BCUT2D eigenvalue weighted by Crippen LogP contribution is 2.19. The lowest BCUT2D eigenvalue weighted by Gasteiger charge is -2.14. The number of benzene rings is 1. The largest absolute Gasteiger partial charge is 0.494 e. The molecule has 1 unspecified atom stereocenters. The molecule has 0 aliphatic carbocycles. The summed E-state index contributed by atoms with van der Waals surface area (Å²) < 4.78 is 5.54. The lowest BCUT2D eigenvalue weighted by molar-refractivity contribution is 0.312. The van der Waals surface area contributed by atoms with Crippen molar-refractivity contribution in [2.45, 2.75) is 32.2 Å². The van der Waals surface area contributed by atoms with E-state index in [0.29, 0.717) is 19.1 Å². The average Bonchev–Trinajstić information content (AvgIpc) is 2.38. The molecule has 0 saturated heterocycles. The number of hydrogen-bond donors (Lipinski definition) is 1. The van der Waals surface area contributed by atoms with Gasteiger partial charge in [0.2, 0.25) is 0 Å². The molecule has 0 aromatic heterocycles.